The van der Waals surface area contributed by atoms with Crippen molar-refractivity contribution in [3.8, 4) is 6.07 Å². The van der Waals surface area contributed by atoms with Crippen molar-refractivity contribution in [2.45, 2.75) is 32.7 Å². The second-order valence-corrected chi connectivity index (χ2v) is 5.40. The largest absolute Gasteiger partial charge is 0.383 e. The Morgan fingerprint density at radius 1 is 1.47 bits per heavy atom. The van der Waals surface area contributed by atoms with Crippen LogP contribution in [0.2, 0.25) is 0 Å². The summed E-state index contributed by atoms with van der Waals surface area (Å²) < 4.78 is 5.22. The Bertz CT molecular complexity index is 474. The van der Waals surface area contributed by atoms with Crippen LogP contribution in [0.5, 0.6) is 0 Å². The summed E-state index contributed by atoms with van der Waals surface area (Å²) in [7, 11) is 1.72. The van der Waals surface area contributed by atoms with E-state index in [-0.39, 0.29) is 0 Å². The molecule has 3 nitrogen and oxygen atoms in total. The van der Waals surface area contributed by atoms with Gasteiger partial charge in [0.15, 0.2) is 0 Å². The van der Waals surface area contributed by atoms with E-state index in [9.17, 15) is 5.26 Å². The van der Waals surface area contributed by atoms with E-state index in [2.05, 4.69) is 30.9 Å². The van der Waals surface area contributed by atoms with Crippen molar-refractivity contribution >= 4 is 5.69 Å². The Hall–Kier alpha value is -1.53. The Balaban J connectivity index is 2.30. The molecular weight excluding hydrogens is 236 g/mol. The number of hydrogen-bond donors (Lipinski definition) is 0. The smallest absolute Gasteiger partial charge is 0.101 e. The molecule has 0 aliphatic heterocycles. The third-order valence-electron chi connectivity index (χ3n) is 3.92. The second-order valence-electron chi connectivity index (χ2n) is 5.40. The van der Waals surface area contributed by atoms with Gasteiger partial charge >= 0.3 is 0 Å². The van der Waals surface area contributed by atoms with Crippen molar-refractivity contribution in [2.75, 3.05) is 25.2 Å². The first-order valence-corrected chi connectivity index (χ1v) is 6.93. The maximum absolute atomic E-state index is 9.31. The Morgan fingerprint density at radius 3 is 2.79 bits per heavy atom. The number of methoxy groups -OCH3 is 1. The van der Waals surface area contributed by atoms with Crippen molar-refractivity contribution in [1.82, 2.24) is 0 Å². The highest BCUT2D eigenvalue weighted by Gasteiger charge is 2.32. The molecule has 1 saturated carbocycles. The molecule has 1 fully saturated rings. The van der Waals surface area contributed by atoms with E-state index >= 15 is 0 Å². The van der Waals surface area contributed by atoms with E-state index in [4.69, 9.17) is 4.74 Å². The summed E-state index contributed by atoms with van der Waals surface area (Å²) in [4.78, 5) is 2.34. The van der Waals surface area contributed by atoms with Gasteiger partial charge in [-0.2, -0.15) is 5.26 Å². The molecule has 0 spiro atoms. The van der Waals surface area contributed by atoms with Gasteiger partial charge in [-0.1, -0.05) is 6.07 Å². The molecule has 2 rings (SSSR count). The number of ether oxygens (including phenoxy) is 1. The molecule has 1 aromatic carbocycles. The minimum absolute atomic E-state index is 0.476. The molecule has 1 unspecified atom stereocenters. The summed E-state index contributed by atoms with van der Waals surface area (Å²) in [6.45, 7) is 5.86. The fourth-order valence-corrected chi connectivity index (χ4v) is 2.54. The van der Waals surface area contributed by atoms with Crippen LogP contribution >= 0.6 is 0 Å². The number of anilines is 1. The van der Waals surface area contributed by atoms with Gasteiger partial charge in [-0.15, -0.1) is 0 Å². The van der Waals surface area contributed by atoms with Crippen LogP contribution in [-0.4, -0.2) is 26.3 Å². The topological polar surface area (TPSA) is 36.3 Å². The zero-order valence-electron chi connectivity index (χ0n) is 12.0. The monoisotopic (exact) mass is 258 g/mol. The Morgan fingerprint density at radius 2 is 2.21 bits per heavy atom. The second kappa shape index (κ2) is 6.08. The molecule has 1 atom stereocenters. The Kier molecular flexibility index (Phi) is 4.44. The fourth-order valence-electron chi connectivity index (χ4n) is 2.54. The average Bonchev–Trinajstić information content (AvgIpc) is 3.23. The van der Waals surface area contributed by atoms with Gasteiger partial charge in [0.1, 0.15) is 6.07 Å². The van der Waals surface area contributed by atoms with Crippen molar-refractivity contribution in [1.29, 1.82) is 5.26 Å². The first kappa shape index (κ1) is 13.9. The summed E-state index contributed by atoms with van der Waals surface area (Å²) >= 11 is 0. The fraction of sp³-hybridized carbons (Fsp3) is 0.562. The molecule has 3 heteroatoms. The van der Waals surface area contributed by atoms with Gasteiger partial charge in [-0.25, -0.2) is 0 Å². The van der Waals surface area contributed by atoms with Crippen LogP contribution in [0.3, 0.4) is 0 Å². The minimum atomic E-state index is 0.476. The van der Waals surface area contributed by atoms with Crippen LogP contribution in [0.1, 0.15) is 30.9 Å². The average molecular weight is 258 g/mol. The predicted octanol–water partition coefficient (Wildman–Crippen LogP) is 3.12. The van der Waals surface area contributed by atoms with Crippen molar-refractivity contribution in [3.63, 3.8) is 0 Å². The molecule has 19 heavy (non-hydrogen) atoms. The zero-order chi connectivity index (χ0) is 13.8. The third kappa shape index (κ3) is 3.27. The molecule has 1 aliphatic carbocycles. The van der Waals surface area contributed by atoms with Gasteiger partial charge in [-0.3, -0.25) is 0 Å². The number of nitrogens with zero attached hydrogens (tertiary/aromatic N) is 2. The van der Waals surface area contributed by atoms with E-state index in [1.165, 1.54) is 18.4 Å². The lowest BCUT2D eigenvalue weighted by molar-refractivity contribution is 0.202. The lowest BCUT2D eigenvalue weighted by Gasteiger charge is -2.32. The number of hydrogen-bond acceptors (Lipinski definition) is 3. The van der Waals surface area contributed by atoms with Crippen LogP contribution in [-0.2, 0) is 4.74 Å². The number of rotatable bonds is 6. The van der Waals surface area contributed by atoms with Crippen LogP contribution in [0, 0.1) is 24.2 Å². The van der Waals surface area contributed by atoms with Crippen molar-refractivity contribution in [2.24, 2.45) is 5.92 Å². The third-order valence-corrected chi connectivity index (χ3v) is 3.92. The van der Waals surface area contributed by atoms with Crippen LogP contribution in [0.25, 0.3) is 0 Å². The van der Waals surface area contributed by atoms with Crippen LogP contribution in [0.15, 0.2) is 18.2 Å². The summed E-state index contributed by atoms with van der Waals surface area (Å²) in [6, 6.07) is 8.82. The molecule has 0 amide bonds. The van der Waals surface area contributed by atoms with E-state index < -0.39 is 0 Å². The zero-order valence-corrected chi connectivity index (χ0v) is 12.0. The molecule has 0 radical (unpaired) electrons. The van der Waals surface area contributed by atoms with Gasteiger partial charge in [-0.05, 0) is 50.3 Å². The molecule has 0 saturated heterocycles. The van der Waals surface area contributed by atoms with Gasteiger partial charge in [0.05, 0.1) is 17.9 Å². The molecule has 1 aliphatic rings. The van der Waals surface area contributed by atoms with E-state index in [1.54, 1.807) is 7.11 Å². The normalized spacial score (nSPS) is 15.9. The Labute approximate surface area is 115 Å². The lowest BCUT2D eigenvalue weighted by atomic mass is 10.1. The lowest BCUT2D eigenvalue weighted by Crippen LogP contribution is -2.37. The minimum Gasteiger partial charge on any atom is -0.383 e. The van der Waals surface area contributed by atoms with Crippen molar-refractivity contribution < 1.29 is 4.74 Å². The summed E-state index contributed by atoms with van der Waals surface area (Å²) in [6.07, 6.45) is 2.61. The molecule has 0 heterocycles. The van der Waals surface area contributed by atoms with Gasteiger partial charge in [0.2, 0.25) is 0 Å². The van der Waals surface area contributed by atoms with E-state index in [1.807, 2.05) is 12.1 Å². The highest BCUT2D eigenvalue weighted by molar-refractivity contribution is 5.61. The first-order chi connectivity index (χ1) is 9.17. The van der Waals surface area contributed by atoms with Gasteiger partial charge in [0, 0.05) is 19.7 Å². The van der Waals surface area contributed by atoms with E-state index in [0.717, 1.165) is 23.7 Å². The van der Waals surface area contributed by atoms with Crippen molar-refractivity contribution in [3.05, 3.63) is 29.3 Å². The SMILES string of the molecule is COCCN(c1cc(C)ccc1C#N)C(C)C1CC1. The van der Waals surface area contributed by atoms with Gasteiger partial charge < -0.3 is 9.64 Å². The summed E-state index contributed by atoms with van der Waals surface area (Å²) in [5.41, 5.74) is 3.01. The van der Waals surface area contributed by atoms with Crippen LogP contribution in [0.4, 0.5) is 5.69 Å². The van der Waals surface area contributed by atoms with Gasteiger partial charge in [0.25, 0.3) is 0 Å². The standard InChI is InChI=1S/C16H22N2O/c1-12-4-5-15(11-17)16(10-12)18(8-9-19-3)13(2)14-6-7-14/h4-5,10,13-14H,6-9H2,1-3H3. The summed E-state index contributed by atoms with van der Waals surface area (Å²) in [5.74, 6) is 0.768. The molecule has 0 N–H and O–H groups in total. The highest BCUT2D eigenvalue weighted by atomic mass is 16.5. The number of benzene rings is 1. The molecule has 102 valence electrons. The number of aryl methyl sites for hydroxylation is 1. The number of nitriles is 1. The predicted molar refractivity (Wildman–Crippen MR) is 77.3 cm³/mol. The quantitative estimate of drug-likeness (QED) is 0.786. The highest BCUT2D eigenvalue weighted by Crippen LogP contribution is 2.37. The summed E-state index contributed by atoms with van der Waals surface area (Å²) in [5, 5.41) is 9.31. The molecule has 1 aromatic rings. The molecule has 0 bridgehead atoms. The van der Waals surface area contributed by atoms with Crippen LogP contribution < -0.4 is 4.90 Å². The maximum atomic E-state index is 9.31. The van der Waals surface area contributed by atoms with E-state index in [0.29, 0.717) is 12.6 Å². The maximum Gasteiger partial charge on any atom is 0.101 e. The molecular formula is C16H22N2O. The molecule has 0 aromatic heterocycles. The first-order valence-electron chi connectivity index (χ1n) is 6.93.